The van der Waals surface area contributed by atoms with E-state index >= 15 is 0 Å². The maximum Gasteiger partial charge on any atom is 0.253 e. The van der Waals surface area contributed by atoms with Gasteiger partial charge in [-0.2, -0.15) is 0 Å². The molecule has 0 spiro atoms. The van der Waals surface area contributed by atoms with E-state index < -0.39 is 0 Å². The lowest BCUT2D eigenvalue weighted by atomic mass is 10.2. The largest absolute Gasteiger partial charge is 0.366 e. The van der Waals surface area contributed by atoms with E-state index in [0.29, 0.717) is 19.7 Å². The Morgan fingerprint density at radius 3 is 2.82 bits per heavy atom. The van der Waals surface area contributed by atoms with Gasteiger partial charge in [-0.15, -0.1) is 24.8 Å². The fourth-order valence-corrected chi connectivity index (χ4v) is 2.28. The summed E-state index contributed by atoms with van der Waals surface area (Å²) in [6.07, 6.45) is 1.79. The number of nitrogens with two attached hydrogens (primary N) is 1. The number of carbonyl (C=O) groups excluding carboxylic acids is 1. The lowest BCUT2D eigenvalue weighted by molar-refractivity contribution is -0.145. The number of amides is 1. The van der Waals surface area contributed by atoms with Crippen molar-refractivity contribution in [2.45, 2.75) is 25.0 Å². The predicted octanol–water partition coefficient (Wildman–Crippen LogP) is -0.232. The zero-order chi connectivity index (χ0) is 10.7. The minimum absolute atomic E-state index is 0. The molecule has 0 radical (unpaired) electrons. The average molecular weight is 286 g/mol. The van der Waals surface area contributed by atoms with Gasteiger partial charge in [-0.05, 0) is 12.8 Å². The molecule has 7 heteroatoms. The SMILES string of the molecule is Cl.Cl.NCC1CCCN1C(=O)[C@H]1CNCCO1. The van der Waals surface area contributed by atoms with Crippen LogP contribution in [0.4, 0.5) is 0 Å². The highest BCUT2D eigenvalue weighted by Gasteiger charge is 2.33. The van der Waals surface area contributed by atoms with Crippen LogP contribution in [-0.2, 0) is 9.53 Å². The summed E-state index contributed by atoms with van der Waals surface area (Å²) < 4.78 is 5.45. The van der Waals surface area contributed by atoms with Gasteiger partial charge >= 0.3 is 0 Å². The number of likely N-dealkylation sites (tertiary alicyclic amines) is 1. The summed E-state index contributed by atoms with van der Waals surface area (Å²) >= 11 is 0. The van der Waals surface area contributed by atoms with Crippen LogP contribution in [0, 0.1) is 0 Å². The van der Waals surface area contributed by atoms with Crippen LogP contribution < -0.4 is 11.1 Å². The minimum Gasteiger partial charge on any atom is -0.366 e. The molecule has 2 rings (SSSR count). The molecule has 3 N–H and O–H groups in total. The maximum atomic E-state index is 12.1. The van der Waals surface area contributed by atoms with E-state index in [2.05, 4.69) is 5.32 Å². The van der Waals surface area contributed by atoms with Crippen LogP contribution in [0.25, 0.3) is 0 Å². The maximum absolute atomic E-state index is 12.1. The molecular formula is C10H21Cl2N3O2. The fourth-order valence-electron chi connectivity index (χ4n) is 2.28. The number of nitrogens with zero attached hydrogens (tertiary/aromatic N) is 1. The summed E-state index contributed by atoms with van der Waals surface area (Å²) in [6.45, 7) is 3.49. The molecule has 1 unspecified atom stereocenters. The molecule has 0 saturated carbocycles. The molecule has 0 aromatic carbocycles. The third-order valence-corrected chi connectivity index (χ3v) is 3.14. The molecule has 0 bridgehead atoms. The average Bonchev–Trinajstić information content (AvgIpc) is 2.77. The number of hydrogen-bond acceptors (Lipinski definition) is 4. The summed E-state index contributed by atoms with van der Waals surface area (Å²) in [7, 11) is 0. The summed E-state index contributed by atoms with van der Waals surface area (Å²) in [5, 5.41) is 3.17. The third kappa shape index (κ3) is 3.96. The van der Waals surface area contributed by atoms with Gasteiger partial charge in [0.15, 0.2) is 0 Å². The second-order valence-electron chi connectivity index (χ2n) is 4.13. The van der Waals surface area contributed by atoms with Gasteiger partial charge in [0.1, 0.15) is 6.10 Å². The summed E-state index contributed by atoms with van der Waals surface area (Å²) in [5.41, 5.74) is 5.64. The van der Waals surface area contributed by atoms with Gasteiger partial charge in [0, 0.05) is 32.2 Å². The van der Waals surface area contributed by atoms with E-state index in [9.17, 15) is 4.79 Å². The molecule has 102 valence electrons. The number of rotatable bonds is 2. The molecule has 0 aromatic heterocycles. The molecule has 1 amide bonds. The number of morpholine rings is 1. The first-order valence-electron chi connectivity index (χ1n) is 5.66. The second kappa shape index (κ2) is 8.11. The van der Waals surface area contributed by atoms with E-state index in [-0.39, 0.29) is 42.9 Å². The highest BCUT2D eigenvalue weighted by Crippen LogP contribution is 2.18. The van der Waals surface area contributed by atoms with Gasteiger partial charge in [0.2, 0.25) is 0 Å². The molecule has 5 nitrogen and oxygen atoms in total. The van der Waals surface area contributed by atoms with Crippen molar-refractivity contribution in [3.05, 3.63) is 0 Å². The molecular weight excluding hydrogens is 265 g/mol. The van der Waals surface area contributed by atoms with E-state index in [1.54, 1.807) is 0 Å². The van der Waals surface area contributed by atoms with Crippen molar-refractivity contribution in [3.63, 3.8) is 0 Å². The standard InChI is InChI=1S/C10H19N3O2.2ClH/c11-6-8-2-1-4-13(8)10(14)9-7-12-3-5-15-9;;/h8-9,12H,1-7,11H2;2*1H/t8?,9-;;/m1../s1. The van der Waals surface area contributed by atoms with Crippen LogP contribution in [0.1, 0.15) is 12.8 Å². The zero-order valence-corrected chi connectivity index (χ0v) is 11.4. The number of hydrogen-bond donors (Lipinski definition) is 2. The Bertz CT molecular complexity index is 238. The van der Waals surface area contributed by atoms with Crippen molar-refractivity contribution in [1.82, 2.24) is 10.2 Å². The van der Waals surface area contributed by atoms with Crippen LogP contribution in [0.5, 0.6) is 0 Å². The number of halogens is 2. The Morgan fingerprint density at radius 2 is 2.24 bits per heavy atom. The van der Waals surface area contributed by atoms with Crippen molar-refractivity contribution in [2.75, 3.05) is 32.8 Å². The lowest BCUT2D eigenvalue weighted by Gasteiger charge is -2.30. The second-order valence-corrected chi connectivity index (χ2v) is 4.13. The van der Waals surface area contributed by atoms with E-state index in [1.165, 1.54) is 0 Å². The third-order valence-electron chi connectivity index (χ3n) is 3.14. The molecule has 2 heterocycles. The van der Waals surface area contributed by atoms with Crippen LogP contribution in [0.2, 0.25) is 0 Å². The smallest absolute Gasteiger partial charge is 0.253 e. The van der Waals surface area contributed by atoms with E-state index in [4.69, 9.17) is 10.5 Å². The predicted molar refractivity (Wildman–Crippen MR) is 70.9 cm³/mol. The molecule has 0 aliphatic carbocycles. The summed E-state index contributed by atoms with van der Waals surface area (Å²) in [4.78, 5) is 14.0. The topological polar surface area (TPSA) is 67.6 Å². The Balaban J connectivity index is 0.00000128. The Hall–Kier alpha value is -0.0700. The van der Waals surface area contributed by atoms with Crippen LogP contribution in [0.3, 0.4) is 0 Å². The molecule has 2 saturated heterocycles. The van der Waals surface area contributed by atoms with Crippen molar-refractivity contribution in [3.8, 4) is 0 Å². The van der Waals surface area contributed by atoms with Gasteiger partial charge in [0.05, 0.1) is 6.61 Å². The molecule has 2 aliphatic heterocycles. The molecule has 2 aliphatic rings. The normalized spacial score (nSPS) is 28.2. The molecule has 0 aromatic rings. The number of ether oxygens (including phenoxy) is 1. The first-order valence-corrected chi connectivity index (χ1v) is 5.66. The van der Waals surface area contributed by atoms with Gasteiger partial charge < -0.3 is 20.7 Å². The van der Waals surface area contributed by atoms with Gasteiger partial charge in [-0.3, -0.25) is 4.79 Å². The van der Waals surface area contributed by atoms with Gasteiger partial charge in [0.25, 0.3) is 5.91 Å². The van der Waals surface area contributed by atoms with Gasteiger partial charge in [-0.1, -0.05) is 0 Å². The summed E-state index contributed by atoms with van der Waals surface area (Å²) in [6, 6.07) is 0.225. The minimum atomic E-state index is -0.300. The summed E-state index contributed by atoms with van der Waals surface area (Å²) in [5.74, 6) is 0.107. The quantitative estimate of drug-likeness (QED) is 0.736. The first kappa shape index (κ1) is 16.9. The Kier molecular flexibility index (Phi) is 8.07. The Labute approximate surface area is 114 Å². The van der Waals surface area contributed by atoms with Crippen molar-refractivity contribution in [1.29, 1.82) is 0 Å². The first-order chi connectivity index (χ1) is 7.33. The van der Waals surface area contributed by atoms with Crippen LogP contribution in [-0.4, -0.2) is 55.7 Å². The van der Waals surface area contributed by atoms with Gasteiger partial charge in [-0.25, -0.2) is 0 Å². The Morgan fingerprint density at radius 1 is 1.47 bits per heavy atom. The fraction of sp³-hybridized carbons (Fsp3) is 0.900. The molecule has 17 heavy (non-hydrogen) atoms. The molecule has 2 fully saturated rings. The number of carbonyl (C=O) groups is 1. The van der Waals surface area contributed by atoms with E-state index in [0.717, 1.165) is 25.9 Å². The lowest BCUT2D eigenvalue weighted by Crippen LogP contribution is -2.51. The highest BCUT2D eigenvalue weighted by atomic mass is 35.5. The van der Waals surface area contributed by atoms with Crippen molar-refractivity contribution in [2.24, 2.45) is 5.73 Å². The highest BCUT2D eigenvalue weighted by molar-refractivity contribution is 5.85. The van der Waals surface area contributed by atoms with Crippen LogP contribution in [0.15, 0.2) is 0 Å². The van der Waals surface area contributed by atoms with Crippen LogP contribution >= 0.6 is 24.8 Å². The van der Waals surface area contributed by atoms with E-state index in [1.807, 2.05) is 4.90 Å². The number of nitrogens with one attached hydrogen (secondary N) is 1. The monoisotopic (exact) mass is 285 g/mol. The van der Waals surface area contributed by atoms with Crippen molar-refractivity contribution >= 4 is 30.7 Å². The molecule has 2 atom stereocenters. The zero-order valence-electron chi connectivity index (χ0n) is 9.76. The van der Waals surface area contributed by atoms with Crippen molar-refractivity contribution < 1.29 is 9.53 Å².